The number of fused-ring (bicyclic) bond motifs is 3. The van der Waals surface area contributed by atoms with Crippen LogP contribution in [0, 0.1) is 11.3 Å². The van der Waals surface area contributed by atoms with Crippen LogP contribution >= 0.6 is 0 Å². The third kappa shape index (κ3) is 4.10. The van der Waals surface area contributed by atoms with Crippen molar-refractivity contribution in [1.82, 2.24) is 0 Å². The molecule has 0 aromatic carbocycles. The number of allylic oxidation sites excluding steroid dienone is 1. The maximum absolute atomic E-state index is 13.1. The summed E-state index contributed by atoms with van der Waals surface area (Å²) in [5, 5.41) is 51.9. The zero-order chi connectivity index (χ0) is 27.4. The predicted molar refractivity (Wildman–Crippen MR) is 125 cm³/mol. The molecule has 2 aliphatic carbocycles. The normalized spacial score (nSPS) is 43.2. The van der Waals surface area contributed by atoms with Gasteiger partial charge in [0.15, 0.2) is 11.9 Å². The highest BCUT2D eigenvalue weighted by atomic mass is 16.7. The van der Waals surface area contributed by atoms with E-state index in [2.05, 4.69) is 0 Å². The second-order valence-electron chi connectivity index (χ2n) is 10.8. The van der Waals surface area contributed by atoms with E-state index in [1.807, 2.05) is 6.92 Å². The molecule has 1 aromatic rings. The Balaban J connectivity index is 1.49. The van der Waals surface area contributed by atoms with Crippen LogP contribution < -0.4 is 0 Å². The number of methoxy groups -OCH3 is 1. The molecule has 2 aliphatic heterocycles. The number of aliphatic hydroxyl groups excluding tert-OH is 4. The number of esters is 2. The van der Waals surface area contributed by atoms with Crippen LogP contribution in [-0.4, -0.2) is 93.6 Å². The fourth-order valence-electron chi connectivity index (χ4n) is 6.73. The smallest absolute Gasteiger partial charge is 0.339 e. The Morgan fingerprint density at radius 2 is 1.95 bits per heavy atom. The van der Waals surface area contributed by atoms with Crippen molar-refractivity contribution < 1.29 is 58.5 Å². The maximum Gasteiger partial charge on any atom is 0.339 e. The van der Waals surface area contributed by atoms with Crippen LogP contribution in [0.5, 0.6) is 0 Å². The van der Waals surface area contributed by atoms with Crippen molar-refractivity contribution >= 4 is 11.9 Å². The van der Waals surface area contributed by atoms with E-state index in [4.69, 9.17) is 23.4 Å². The van der Waals surface area contributed by atoms with Crippen LogP contribution in [0.15, 0.2) is 34.2 Å². The molecule has 210 valence electrons. The quantitative estimate of drug-likeness (QED) is 0.313. The van der Waals surface area contributed by atoms with Gasteiger partial charge >= 0.3 is 11.9 Å². The van der Waals surface area contributed by atoms with Crippen molar-refractivity contribution in [3.8, 4) is 0 Å². The first-order valence-corrected chi connectivity index (χ1v) is 12.8. The number of hydrogen-bond acceptors (Lipinski definition) is 12. The third-order valence-electron chi connectivity index (χ3n) is 8.94. The minimum absolute atomic E-state index is 0.0273. The number of rotatable bonds is 5. The van der Waals surface area contributed by atoms with E-state index in [1.165, 1.54) is 19.6 Å². The summed E-state index contributed by atoms with van der Waals surface area (Å²) in [6.07, 6.45) is -4.73. The standard InChI is InChI=1S/C26H34O12/c1-25-9-16(12-6-8-35-11-12)38-24(32)26(25,33)7-5-13-14(25)3-4-15(18(13)22(31)34-2)36-23-21(30)20(29)19(28)17(10-27)37-23/h6,8,11,14-17,19-21,23,27-30,33H,3-5,7,9-10H2,1-2H3/t14-,15-,16+,17-,19-,20+,21-,23-,25+,26+/m1/s1. The Hall–Kier alpha value is -2.32. The van der Waals surface area contributed by atoms with Gasteiger partial charge in [0.25, 0.3) is 0 Å². The van der Waals surface area contributed by atoms with Crippen LogP contribution in [-0.2, 0) is 28.5 Å². The predicted octanol–water partition coefficient (Wildman–Crippen LogP) is -0.136. The number of cyclic esters (lactones) is 1. The lowest BCUT2D eigenvalue weighted by molar-refractivity contribution is -0.309. The summed E-state index contributed by atoms with van der Waals surface area (Å²) in [4.78, 5) is 26.2. The SMILES string of the molecule is COC(=O)C1=C2CC[C@]3(O)C(=O)O[C@H](c4ccoc4)C[C@@]3(C)[C@@H]2CC[C@H]1O[C@@H]1O[C@H](CO)[C@@H](O)[C@H](O)[C@H]1O. The molecule has 5 rings (SSSR count). The fourth-order valence-corrected chi connectivity index (χ4v) is 6.73. The Kier molecular flexibility index (Phi) is 7.18. The van der Waals surface area contributed by atoms with Crippen molar-refractivity contribution in [2.24, 2.45) is 11.3 Å². The largest absolute Gasteiger partial charge is 0.472 e. The van der Waals surface area contributed by atoms with E-state index in [9.17, 15) is 35.1 Å². The molecule has 1 saturated carbocycles. The number of aliphatic hydroxyl groups is 5. The van der Waals surface area contributed by atoms with Gasteiger partial charge in [0.1, 0.15) is 30.5 Å². The Bertz CT molecular complexity index is 1080. The van der Waals surface area contributed by atoms with Gasteiger partial charge in [-0.05, 0) is 44.1 Å². The van der Waals surface area contributed by atoms with Crippen molar-refractivity contribution in [3.63, 3.8) is 0 Å². The fraction of sp³-hybridized carbons (Fsp3) is 0.692. The number of carbonyl (C=O) groups is 2. The summed E-state index contributed by atoms with van der Waals surface area (Å²) < 4.78 is 27.4. The minimum Gasteiger partial charge on any atom is -0.472 e. The van der Waals surface area contributed by atoms with Gasteiger partial charge in [-0.2, -0.15) is 0 Å². The van der Waals surface area contributed by atoms with Crippen LogP contribution in [0.25, 0.3) is 0 Å². The Labute approximate surface area is 218 Å². The molecule has 0 radical (unpaired) electrons. The molecule has 1 aromatic heterocycles. The monoisotopic (exact) mass is 538 g/mol. The molecule has 38 heavy (non-hydrogen) atoms. The summed E-state index contributed by atoms with van der Waals surface area (Å²) in [5.74, 6) is -1.75. The molecule has 0 unspecified atom stereocenters. The zero-order valence-corrected chi connectivity index (χ0v) is 21.2. The topological polar surface area (TPSA) is 185 Å². The number of hydrogen-bond donors (Lipinski definition) is 5. The molecule has 5 N–H and O–H groups in total. The number of furan rings is 1. The van der Waals surface area contributed by atoms with Crippen LogP contribution in [0.3, 0.4) is 0 Å². The van der Waals surface area contributed by atoms with Crippen molar-refractivity contribution in [1.29, 1.82) is 0 Å². The first kappa shape index (κ1) is 27.3. The van der Waals surface area contributed by atoms with Gasteiger partial charge in [-0.15, -0.1) is 0 Å². The highest BCUT2D eigenvalue weighted by Gasteiger charge is 2.65. The maximum atomic E-state index is 13.1. The lowest BCUT2D eigenvalue weighted by Crippen LogP contribution is -2.64. The summed E-state index contributed by atoms with van der Waals surface area (Å²) >= 11 is 0. The van der Waals surface area contributed by atoms with Gasteiger partial charge in [-0.25, -0.2) is 9.59 Å². The van der Waals surface area contributed by atoms with Gasteiger partial charge in [0.2, 0.25) is 0 Å². The highest BCUT2D eigenvalue weighted by molar-refractivity contribution is 5.91. The van der Waals surface area contributed by atoms with Crippen molar-refractivity contribution in [3.05, 3.63) is 35.3 Å². The van der Waals surface area contributed by atoms with E-state index in [0.717, 1.165) is 0 Å². The molecule has 2 saturated heterocycles. The van der Waals surface area contributed by atoms with E-state index >= 15 is 0 Å². The molecule has 12 heteroatoms. The average Bonchev–Trinajstić information content (AvgIpc) is 3.45. The van der Waals surface area contributed by atoms with Crippen molar-refractivity contribution in [2.75, 3.05) is 13.7 Å². The molecular formula is C26H34O12. The Morgan fingerprint density at radius 3 is 2.61 bits per heavy atom. The van der Waals surface area contributed by atoms with Crippen LogP contribution in [0.1, 0.15) is 50.7 Å². The highest BCUT2D eigenvalue weighted by Crippen LogP contribution is 2.61. The average molecular weight is 539 g/mol. The third-order valence-corrected chi connectivity index (χ3v) is 8.94. The second-order valence-corrected chi connectivity index (χ2v) is 10.8. The molecule has 0 bridgehead atoms. The molecule has 3 fully saturated rings. The van der Waals surface area contributed by atoms with Gasteiger partial charge in [0, 0.05) is 11.0 Å². The molecule has 3 heterocycles. The molecule has 10 atom stereocenters. The summed E-state index contributed by atoms with van der Waals surface area (Å²) in [7, 11) is 1.23. The van der Waals surface area contributed by atoms with Crippen LogP contribution in [0.2, 0.25) is 0 Å². The minimum atomic E-state index is -1.76. The number of carbonyl (C=O) groups excluding carboxylic acids is 2. The van der Waals surface area contributed by atoms with E-state index in [-0.39, 0.29) is 30.8 Å². The number of ether oxygens (including phenoxy) is 4. The molecule has 12 nitrogen and oxygen atoms in total. The first-order chi connectivity index (χ1) is 18.1. The van der Waals surface area contributed by atoms with Gasteiger partial charge < -0.3 is 48.9 Å². The molecule has 4 aliphatic rings. The van der Waals surface area contributed by atoms with Gasteiger partial charge in [-0.3, -0.25) is 0 Å². The summed E-state index contributed by atoms with van der Waals surface area (Å²) in [6, 6.07) is 1.70. The second kappa shape index (κ2) is 10.0. The lowest BCUT2D eigenvalue weighted by atomic mass is 9.50. The van der Waals surface area contributed by atoms with Crippen molar-refractivity contribution in [2.45, 2.75) is 87.5 Å². The summed E-state index contributed by atoms with van der Waals surface area (Å²) in [6.45, 7) is 1.21. The Morgan fingerprint density at radius 1 is 1.18 bits per heavy atom. The van der Waals surface area contributed by atoms with E-state index < -0.39 is 72.5 Å². The summed E-state index contributed by atoms with van der Waals surface area (Å²) in [5.41, 5.74) is -1.17. The van der Waals surface area contributed by atoms with E-state index in [1.54, 1.807) is 6.07 Å². The molecule has 0 spiro atoms. The van der Waals surface area contributed by atoms with E-state index in [0.29, 0.717) is 24.0 Å². The van der Waals surface area contributed by atoms with Gasteiger partial charge in [-0.1, -0.05) is 12.5 Å². The molecule has 0 amide bonds. The van der Waals surface area contributed by atoms with Crippen LogP contribution in [0.4, 0.5) is 0 Å². The first-order valence-electron chi connectivity index (χ1n) is 12.8. The molecular weight excluding hydrogens is 504 g/mol. The lowest BCUT2D eigenvalue weighted by Gasteiger charge is -2.57. The van der Waals surface area contributed by atoms with Gasteiger partial charge in [0.05, 0.1) is 37.9 Å². The zero-order valence-electron chi connectivity index (χ0n) is 21.2.